The summed E-state index contributed by atoms with van der Waals surface area (Å²) in [4.78, 5) is 21.4. The summed E-state index contributed by atoms with van der Waals surface area (Å²) in [7, 11) is 0. The van der Waals surface area contributed by atoms with Gasteiger partial charge in [-0.2, -0.15) is 0 Å². The maximum Gasteiger partial charge on any atom is 0.303 e. The van der Waals surface area contributed by atoms with Crippen molar-refractivity contribution in [2.75, 3.05) is 6.54 Å². The monoisotopic (exact) mass is 227 g/mol. The maximum absolute atomic E-state index is 11.1. The molecule has 0 fully saturated rings. The lowest BCUT2D eigenvalue weighted by atomic mass is 10.1. The Morgan fingerprint density at radius 1 is 1.12 bits per heavy atom. The van der Waals surface area contributed by atoms with E-state index in [2.05, 4.69) is 11.9 Å². The van der Waals surface area contributed by atoms with E-state index in [1.54, 1.807) is 6.08 Å². The number of allylic oxidation sites excluding steroid dienone is 1. The van der Waals surface area contributed by atoms with Crippen LogP contribution in [-0.4, -0.2) is 23.5 Å². The van der Waals surface area contributed by atoms with Crippen molar-refractivity contribution >= 4 is 11.9 Å². The van der Waals surface area contributed by atoms with E-state index in [1.165, 1.54) is 0 Å². The van der Waals surface area contributed by atoms with Gasteiger partial charge in [0, 0.05) is 19.4 Å². The molecule has 0 heterocycles. The van der Waals surface area contributed by atoms with Crippen molar-refractivity contribution in [3.63, 3.8) is 0 Å². The average molecular weight is 227 g/mol. The highest BCUT2D eigenvalue weighted by atomic mass is 16.4. The number of amides is 1. The second-order valence-corrected chi connectivity index (χ2v) is 3.74. The molecule has 0 bridgehead atoms. The van der Waals surface area contributed by atoms with Gasteiger partial charge in [-0.3, -0.25) is 9.59 Å². The zero-order valence-electron chi connectivity index (χ0n) is 9.71. The van der Waals surface area contributed by atoms with Gasteiger partial charge in [0.25, 0.3) is 0 Å². The van der Waals surface area contributed by atoms with Gasteiger partial charge in [-0.05, 0) is 19.3 Å². The highest BCUT2D eigenvalue weighted by Gasteiger charge is 1.99. The van der Waals surface area contributed by atoms with Gasteiger partial charge in [0.2, 0.25) is 5.91 Å². The van der Waals surface area contributed by atoms with Crippen LogP contribution in [0.5, 0.6) is 0 Å². The number of carboxylic acid groups (broad SMARTS) is 1. The molecule has 0 aliphatic rings. The highest BCUT2D eigenvalue weighted by molar-refractivity contribution is 5.75. The summed E-state index contributed by atoms with van der Waals surface area (Å²) in [5.74, 6) is -0.678. The molecule has 0 atom stereocenters. The Morgan fingerprint density at radius 3 is 2.44 bits per heavy atom. The Kier molecular flexibility index (Phi) is 9.36. The predicted octanol–water partition coefficient (Wildman–Crippen LogP) is 2.10. The molecule has 0 aromatic rings. The molecule has 0 radical (unpaired) electrons. The lowest BCUT2D eigenvalue weighted by Gasteiger charge is -2.03. The molecule has 0 aliphatic heterocycles. The summed E-state index contributed by atoms with van der Waals surface area (Å²) in [5.41, 5.74) is 0. The summed E-state index contributed by atoms with van der Waals surface area (Å²) in [6.07, 6.45) is 6.70. The Hall–Kier alpha value is -1.32. The van der Waals surface area contributed by atoms with E-state index in [-0.39, 0.29) is 12.3 Å². The molecular formula is C12H21NO3. The van der Waals surface area contributed by atoms with Crippen LogP contribution in [-0.2, 0) is 9.59 Å². The highest BCUT2D eigenvalue weighted by Crippen LogP contribution is 2.02. The predicted molar refractivity (Wildman–Crippen MR) is 63.2 cm³/mol. The summed E-state index contributed by atoms with van der Waals surface area (Å²) >= 11 is 0. The van der Waals surface area contributed by atoms with Crippen LogP contribution in [0.25, 0.3) is 0 Å². The minimum Gasteiger partial charge on any atom is -0.481 e. The van der Waals surface area contributed by atoms with Crippen LogP contribution in [0, 0.1) is 0 Å². The third-order valence-electron chi connectivity index (χ3n) is 2.22. The number of rotatable bonds is 10. The molecular weight excluding hydrogens is 206 g/mol. The Labute approximate surface area is 96.7 Å². The largest absolute Gasteiger partial charge is 0.481 e. The van der Waals surface area contributed by atoms with Crippen molar-refractivity contribution in [1.82, 2.24) is 5.32 Å². The molecule has 4 nitrogen and oxygen atoms in total. The van der Waals surface area contributed by atoms with E-state index in [0.29, 0.717) is 19.4 Å². The normalized spacial score (nSPS) is 9.75. The van der Waals surface area contributed by atoms with Crippen LogP contribution in [0.2, 0.25) is 0 Å². The molecule has 0 spiro atoms. The number of carbonyl (C=O) groups is 2. The first kappa shape index (κ1) is 14.7. The summed E-state index contributed by atoms with van der Waals surface area (Å²) in [6, 6.07) is 0. The van der Waals surface area contributed by atoms with E-state index in [0.717, 1.165) is 25.7 Å². The van der Waals surface area contributed by atoms with Crippen LogP contribution in [0.4, 0.5) is 0 Å². The Bertz CT molecular complexity index is 226. The molecule has 0 aromatic carbocycles. The van der Waals surface area contributed by atoms with Gasteiger partial charge in [-0.1, -0.05) is 18.9 Å². The lowest BCUT2D eigenvalue weighted by Crippen LogP contribution is -2.23. The topological polar surface area (TPSA) is 66.4 Å². The van der Waals surface area contributed by atoms with Gasteiger partial charge in [0.15, 0.2) is 0 Å². The molecule has 0 aromatic heterocycles. The van der Waals surface area contributed by atoms with Gasteiger partial charge in [0.05, 0.1) is 0 Å². The minimum absolute atomic E-state index is 0.0606. The van der Waals surface area contributed by atoms with Crippen molar-refractivity contribution in [2.45, 2.75) is 44.9 Å². The van der Waals surface area contributed by atoms with Crippen LogP contribution in [0.3, 0.4) is 0 Å². The first-order chi connectivity index (χ1) is 7.66. The Balaban J connectivity index is 3.17. The fourth-order valence-electron chi connectivity index (χ4n) is 1.30. The van der Waals surface area contributed by atoms with Gasteiger partial charge < -0.3 is 10.4 Å². The molecule has 0 rings (SSSR count). The van der Waals surface area contributed by atoms with E-state index in [9.17, 15) is 9.59 Å². The molecule has 2 N–H and O–H groups in total. The molecule has 0 saturated heterocycles. The van der Waals surface area contributed by atoms with Gasteiger partial charge in [-0.15, -0.1) is 6.58 Å². The van der Waals surface area contributed by atoms with Crippen molar-refractivity contribution in [1.29, 1.82) is 0 Å². The Morgan fingerprint density at radius 2 is 1.81 bits per heavy atom. The SMILES string of the molecule is C=CCCC(=O)NCCCCCCC(=O)O. The minimum atomic E-state index is -0.738. The molecule has 4 heteroatoms. The average Bonchev–Trinajstić information content (AvgIpc) is 2.24. The molecule has 0 unspecified atom stereocenters. The zero-order valence-corrected chi connectivity index (χ0v) is 9.71. The van der Waals surface area contributed by atoms with E-state index in [4.69, 9.17) is 5.11 Å². The van der Waals surface area contributed by atoms with E-state index < -0.39 is 5.97 Å². The van der Waals surface area contributed by atoms with Gasteiger partial charge in [0.1, 0.15) is 0 Å². The van der Waals surface area contributed by atoms with Crippen LogP contribution >= 0.6 is 0 Å². The first-order valence-corrected chi connectivity index (χ1v) is 5.76. The lowest BCUT2D eigenvalue weighted by molar-refractivity contribution is -0.137. The van der Waals surface area contributed by atoms with Crippen molar-refractivity contribution in [3.05, 3.63) is 12.7 Å². The van der Waals surface area contributed by atoms with Crippen LogP contribution < -0.4 is 5.32 Å². The molecule has 0 saturated carbocycles. The number of aliphatic carboxylic acids is 1. The number of carbonyl (C=O) groups excluding carboxylic acids is 1. The van der Waals surface area contributed by atoms with E-state index in [1.807, 2.05) is 0 Å². The van der Waals surface area contributed by atoms with E-state index >= 15 is 0 Å². The first-order valence-electron chi connectivity index (χ1n) is 5.76. The second kappa shape index (κ2) is 10.2. The van der Waals surface area contributed by atoms with Crippen LogP contribution in [0.15, 0.2) is 12.7 Å². The fourth-order valence-corrected chi connectivity index (χ4v) is 1.30. The third-order valence-corrected chi connectivity index (χ3v) is 2.22. The zero-order chi connectivity index (χ0) is 12.2. The molecule has 92 valence electrons. The summed E-state index contributed by atoms with van der Waals surface area (Å²) < 4.78 is 0. The number of unbranched alkanes of at least 4 members (excludes halogenated alkanes) is 3. The maximum atomic E-state index is 11.1. The number of hydrogen-bond donors (Lipinski definition) is 2. The van der Waals surface area contributed by atoms with Gasteiger partial charge >= 0.3 is 5.97 Å². The van der Waals surface area contributed by atoms with Crippen molar-refractivity contribution in [3.8, 4) is 0 Å². The number of hydrogen-bond acceptors (Lipinski definition) is 2. The number of nitrogens with one attached hydrogen (secondary N) is 1. The second-order valence-electron chi connectivity index (χ2n) is 3.74. The van der Waals surface area contributed by atoms with Gasteiger partial charge in [-0.25, -0.2) is 0 Å². The summed E-state index contributed by atoms with van der Waals surface area (Å²) in [5, 5.41) is 11.2. The molecule has 16 heavy (non-hydrogen) atoms. The molecule has 1 amide bonds. The standard InChI is InChI=1S/C12H21NO3/c1-2-3-8-11(14)13-10-7-5-4-6-9-12(15)16/h2H,1,3-10H2,(H,13,14)(H,15,16). The smallest absolute Gasteiger partial charge is 0.303 e. The quantitative estimate of drug-likeness (QED) is 0.443. The van der Waals surface area contributed by atoms with Crippen molar-refractivity contribution in [2.24, 2.45) is 0 Å². The van der Waals surface area contributed by atoms with Crippen LogP contribution in [0.1, 0.15) is 44.9 Å². The van der Waals surface area contributed by atoms with Crippen molar-refractivity contribution < 1.29 is 14.7 Å². The number of carboxylic acids is 1. The third kappa shape index (κ3) is 10.8. The summed E-state index contributed by atoms with van der Waals surface area (Å²) in [6.45, 7) is 4.23. The fraction of sp³-hybridized carbons (Fsp3) is 0.667. The molecule has 0 aliphatic carbocycles.